The standard InChI is InChI=1S/C26H30ClN3O2/c1-16-6-8-19(14-18(16)3)23-24(29(5)21-10-12-28(4)13-11-21)26(32)30(25(23)31)22-15-20(27)9-7-17(22)2/h6-9,14-15,21H,10-13H2,1-5H3. The van der Waals surface area contributed by atoms with Crippen LogP contribution in [0.5, 0.6) is 0 Å². The molecule has 2 amide bonds. The van der Waals surface area contributed by atoms with E-state index in [-0.39, 0.29) is 17.9 Å². The van der Waals surface area contributed by atoms with Gasteiger partial charge in [-0.3, -0.25) is 9.59 Å². The van der Waals surface area contributed by atoms with Crippen LogP contribution in [0.3, 0.4) is 0 Å². The second-order valence-electron chi connectivity index (χ2n) is 9.04. The smallest absolute Gasteiger partial charge is 0.282 e. The Hall–Kier alpha value is -2.63. The second kappa shape index (κ2) is 8.72. The van der Waals surface area contributed by atoms with Gasteiger partial charge in [0.2, 0.25) is 0 Å². The predicted octanol–water partition coefficient (Wildman–Crippen LogP) is 4.58. The average Bonchev–Trinajstić information content (AvgIpc) is 3.02. The maximum absolute atomic E-state index is 13.8. The van der Waals surface area contributed by atoms with E-state index in [2.05, 4.69) is 11.9 Å². The molecule has 2 aliphatic heterocycles. The van der Waals surface area contributed by atoms with E-state index in [0.29, 0.717) is 22.0 Å². The molecule has 5 nitrogen and oxygen atoms in total. The zero-order valence-electron chi connectivity index (χ0n) is 19.4. The van der Waals surface area contributed by atoms with Crippen LogP contribution in [-0.2, 0) is 9.59 Å². The van der Waals surface area contributed by atoms with Crippen LogP contribution in [0.1, 0.15) is 35.1 Å². The lowest BCUT2D eigenvalue weighted by molar-refractivity contribution is -0.120. The Kier molecular flexibility index (Phi) is 6.15. The van der Waals surface area contributed by atoms with Crippen molar-refractivity contribution in [3.8, 4) is 0 Å². The van der Waals surface area contributed by atoms with Crippen LogP contribution in [0.4, 0.5) is 5.69 Å². The largest absolute Gasteiger partial charge is 0.366 e. The molecule has 0 aliphatic carbocycles. The summed E-state index contributed by atoms with van der Waals surface area (Å²) in [6.45, 7) is 7.91. The van der Waals surface area contributed by atoms with E-state index in [0.717, 1.165) is 48.2 Å². The van der Waals surface area contributed by atoms with Crippen LogP contribution in [-0.4, -0.2) is 54.8 Å². The van der Waals surface area contributed by atoms with Crippen molar-refractivity contribution in [3.63, 3.8) is 0 Å². The van der Waals surface area contributed by atoms with Gasteiger partial charge in [0.05, 0.1) is 11.3 Å². The highest BCUT2D eigenvalue weighted by molar-refractivity contribution is 6.45. The SMILES string of the molecule is Cc1ccc(C2=C(N(C)C3CCN(C)CC3)C(=O)N(c3cc(Cl)ccc3C)C2=O)cc1C. The van der Waals surface area contributed by atoms with E-state index >= 15 is 0 Å². The molecule has 0 atom stereocenters. The van der Waals surface area contributed by atoms with Crippen molar-refractivity contribution in [1.29, 1.82) is 0 Å². The third kappa shape index (κ3) is 3.96. The number of likely N-dealkylation sites (tertiary alicyclic amines) is 1. The summed E-state index contributed by atoms with van der Waals surface area (Å²) in [5.41, 5.74) is 5.35. The fraction of sp³-hybridized carbons (Fsp3) is 0.385. The molecule has 2 aromatic rings. The van der Waals surface area contributed by atoms with Gasteiger partial charge in [-0.1, -0.05) is 35.9 Å². The number of rotatable bonds is 4. The second-order valence-corrected chi connectivity index (χ2v) is 9.48. The van der Waals surface area contributed by atoms with Gasteiger partial charge < -0.3 is 9.80 Å². The van der Waals surface area contributed by atoms with Crippen molar-refractivity contribution in [2.24, 2.45) is 0 Å². The van der Waals surface area contributed by atoms with Crippen molar-refractivity contribution < 1.29 is 9.59 Å². The lowest BCUT2D eigenvalue weighted by atomic mass is 9.97. The molecule has 0 bridgehead atoms. The first-order valence-corrected chi connectivity index (χ1v) is 11.4. The van der Waals surface area contributed by atoms with E-state index < -0.39 is 0 Å². The number of benzene rings is 2. The number of carbonyl (C=O) groups is 2. The number of anilines is 1. The number of carbonyl (C=O) groups excluding carboxylic acids is 2. The maximum atomic E-state index is 13.8. The number of aryl methyl sites for hydroxylation is 3. The van der Waals surface area contributed by atoms with E-state index in [1.807, 2.05) is 57.0 Å². The number of amides is 2. The molecule has 1 fully saturated rings. The van der Waals surface area contributed by atoms with E-state index in [1.54, 1.807) is 12.1 Å². The van der Waals surface area contributed by atoms with Gasteiger partial charge in [-0.15, -0.1) is 0 Å². The van der Waals surface area contributed by atoms with Crippen molar-refractivity contribution >= 4 is 34.7 Å². The summed E-state index contributed by atoms with van der Waals surface area (Å²) >= 11 is 6.24. The molecule has 0 radical (unpaired) electrons. The number of likely N-dealkylation sites (N-methyl/N-ethyl adjacent to an activating group) is 1. The molecular weight excluding hydrogens is 422 g/mol. The monoisotopic (exact) mass is 451 g/mol. The summed E-state index contributed by atoms with van der Waals surface area (Å²) < 4.78 is 0. The predicted molar refractivity (Wildman–Crippen MR) is 130 cm³/mol. The van der Waals surface area contributed by atoms with Crippen LogP contribution >= 0.6 is 11.6 Å². The minimum absolute atomic E-state index is 0.208. The van der Waals surface area contributed by atoms with E-state index in [9.17, 15) is 9.59 Å². The first kappa shape index (κ1) is 22.6. The number of hydrogen-bond acceptors (Lipinski definition) is 4. The molecular formula is C26H30ClN3O2. The minimum Gasteiger partial charge on any atom is -0.366 e. The summed E-state index contributed by atoms with van der Waals surface area (Å²) in [6.07, 6.45) is 1.91. The Balaban J connectivity index is 1.84. The van der Waals surface area contributed by atoms with E-state index in [1.165, 1.54) is 4.90 Å². The molecule has 168 valence electrons. The molecule has 4 rings (SSSR count). The molecule has 1 saturated heterocycles. The fourth-order valence-corrected chi connectivity index (χ4v) is 4.78. The van der Waals surface area contributed by atoms with Crippen molar-refractivity contribution in [3.05, 3.63) is 69.4 Å². The van der Waals surface area contributed by atoms with Gasteiger partial charge in [0, 0.05) is 18.1 Å². The van der Waals surface area contributed by atoms with Gasteiger partial charge in [0.15, 0.2) is 0 Å². The molecule has 2 aromatic carbocycles. The lowest BCUT2D eigenvalue weighted by Crippen LogP contribution is -2.43. The Morgan fingerprint density at radius 1 is 0.906 bits per heavy atom. The maximum Gasteiger partial charge on any atom is 0.282 e. The molecule has 6 heteroatoms. The Morgan fingerprint density at radius 2 is 1.56 bits per heavy atom. The van der Waals surface area contributed by atoms with Gasteiger partial charge in [-0.05, 0) is 88.1 Å². The average molecular weight is 452 g/mol. The summed E-state index contributed by atoms with van der Waals surface area (Å²) in [7, 11) is 4.07. The molecule has 0 aromatic heterocycles. The quantitative estimate of drug-likeness (QED) is 0.638. The number of halogens is 1. The molecule has 0 saturated carbocycles. The van der Waals surface area contributed by atoms with Crippen LogP contribution in [0, 0.1) is 20.8 Å². The van der Waals surface area contributed by atoms with Gasteiger partial charge in [0.25, 0.3) is 11.8 Å². The van der Waals surface area contributed by atoms with Crippen molar-refractivity contribution in [2.75, 3.05) is 32.1 Å². The zero-order valence-corrected chi connectivity index (χ0v) is 20.2. The highest BCUT2D eigenvalue weighted by Gasteiger charge is 2.43. The first-order chi connectivity index (χ1) is 15.2. The molecule has 32 heavy (non-hydrogen) atoms. The normalized spacial score (nSPS) is 18.1. The number of hydrogen-bond donors (Lipinski definition) is 0. The highest BCUT2D eigenvalue weighted by atomic mass is 35.5. The van der Waals surface area contributed by atoms with Crippen LogP contribution in [0.2, 0.25) is 5.02 Å². The molecule has 0 N–H and O–H groups in total. The summed E-state index contributed by atoms with van der Waals surface area (Å²) in [4.78, 5) is 33.2. The van der Waals surface area contributed by atoms with Gasteiger partial charge in [0.1, 0.15) is 5.70 Å². The first-order valence-electron chi connectivity index (χ1n) is 11.1. The number of imide groups is 1. The molecule has 2 aliphatic rings. The molecule has 0 spiro atoms. The Morgan fingerprint density at radius 3 is 2.22 bits per heavy atom. The Bertz CT molecular complexity index is 1120. The summed E-state index contributed by atoms with van der Waals surface area (Å²) in [6, 6.07) is 11.5. The number of nitrogens with zero attached hydrogens (tertiary/aromatic N) is 3. The summed E-state index contributed by atoms with van der Waals surface area (Å²) in [5, 5.41) is 0.496. The third-order valence-corrected chi connectivity index (χ3v) is 7.09. The molecule has 2 heterocycles. The topological polar surface area (TPSA) is 43.9 Å². The minimum atomic E-state index is -0.293. The Labute approximate surface area is 195 Å². The van der Waals surface area contributed by atoms with E-state index in [4.69, 9.17) is 11.6 Å². The van der Waals surface area contributed by atoms with Crippen LogP contribution in [0.15, 0.2) is 42.1 Å². The van der Waals surface area contributed by atoms with Gasteiger partial charge in [-0.25, -0.2) is 4.90 Å². The zero-order chi connectivity index (χ0) is 23.2. The third-order valence-electron chi connectivity index (χ3n) is 6.86. The van der Waals surface area contributed by atoms with Gasteiger partial charge >= 0.3 is 0 Å². The lowest BCUT2D eigenvalue weighted by Gasteiger charge is -2.36. The molecule has 0 unspecified atom stereocenters. The fourth-order valence-electron chi connectivity index (χ4n) is 4.61. The number of piperidine rings is 1. The highest BCUT2D eigenvalue weighted by Crippen LogP contribution is 2.38. The van der Waals surface area contributed by atoms with Crippen molar-refractivity contribution in [2.45, 2.75) is 39.7 Å². The van der Waals surface area contributed by atoms with Gasteiger partial charge in [-0.2, -0.15) is 0 Å². The van der Waals surface area contributed by atoms with Crippen LogP contribution in [0.25, 0.3) is 5.57 Å². The van der Waals surface area contributed by atoms with Crippen LogP contribution < -0.4 is 4.90 Å². The summed E-state index contributed by atoms with van der Waals surface area (Å²) in [5.74, 6) is -0.576. The van der Waals surface area contributed by atoms with Crippen molar-refractivity contribution in [1.82, 2.24) is 9.80 Å².